The number of H-pyrrole nitrogens is 1. The summed E-state index contributed by atoms with van der Waals surface area (Å²) in [5.41, 5.74) is 2.48. The molecule has 0 aliphatic carbocycles. The van der Waals surface area contributed by atoms with Crippen LogP contribution < -0.4 is 5.32 Å². The Bertz CT molecular complexity index is 389. The number of hydrogen-bond donors (Lipinski definition) is 2. The molecule has 2 aromatic rings. The van der Waals surface area contributed by atoms with Gasteiger partial charge >= 0.3 is 0 Å². The molecule has 0 saturated carbocycles. The van der Waals surface area contributed by atoms with E-state index >= 15 is 0 Å². The number of aromatic amines is 1. The van der Waals surface area contributed by atoms with Gasteiger partial charge in [0.25, 0.3) is 0 Å². The maximum atomic E-state index is 4.21. The van der Waals surface area contributed by atoms with Gasteiger partial charge < -0.3 is 10.3 Å². The highest BCUT2D eigenvalue weighted by Gasteiger charge is 1.98. The number of rotatable bonds is 4. The van der Waals surface area contributed by atoms with Crippen molar-refractivity contribution in [3.05, 3.63) is 42.2 Å². The first-order chi connectivity index (χ1) is 7.40. The molecule has 0 aliphatic heterocycles. The first kappa shape index (κ1) is 9.93. The average Bonchev–Trinajstić information content (AvgIpc) is 2.80. The van der Waals surface area contributed by atoms with E-state index < -0.39 is 0 Å². The fraction of sp³-hybridized carbons (Fsp3) is 0.250. The summed E-state index contributed by atoms with van der Waals surface area (Å²) in [5.74, 6) is 0.926. The van der Waals surface area contributed by atoms with Gasteiger partial charge in [0.2, 0.25) is 0 Å². The van der Waals surface area contributed by atoms with E-state index in [1.54, 1.807) is 6.20 Å². The first-order valence-corrected chi connectivity index (χ1v) is 5.13. The van der Waals surface area contributed by atoms with Crippen LogP contribution in [0.3, 0.4) is 0 Å². The average molecular weight is 201 g/mol. The number of imidazole rings is 1. The number of nitrogens with one attached hydrogen (secondary N) is 2. The number of nitrogens with zero attached hydrogens (tertiary/aromatic N) is 1. The zero-order chi connectivity index (χ0) is 10.5. The van der Waals surface area contributed by atoms with Gasteiger partial charge in [0.1, 0.15) is 5.82 Å². The molecule has 0 radical (unpaired) electrons. The van der Waals surface area contributed by atoms with Crippen molar-refractivity contribution < 1.29 is 0 Å². The highest BCUT2D eigenvalue weighted by Crippen LogP contribution is 2.14. The lowest BCUT2D eigenvalue weighted by Crippen LogP contribution is -2.10. The fourth-order valence-electron chi connectivity index (χ4n) is 1.52. The van der Waals surface area contributed by atoms with E-state index in [2.05, 4.69) is 39.6 Å². The van der Waals surface area contributed by atoms with Gasteiger partial charge in [0.15, 0.2) is 0 Å². The van der Waals surface area contributed by atoms with Crippen LogP contribution >= 0.6 is 0 Å². The third-order valence-electron chi connectivity index (χ3n) is 2.39. The molecule has 3 nitrogen and oxygen atoms in total. The predicted molar refractivity (Wildman–Crippen MR) is 61.7 cm³/mol. The standard InChI is InChI=1S/C12H15N3/c1-13-7-6-10-2-4-11(5-3-10)12-14-8-9-15-12/h2-5,8-9,13H,6-7H2,1H3,(H,14,15). The monoisotopic (exact) mass is 201 g/mol. The lowest BCUT2D eigenvalue weighted by Gasteiger charge is -2.02. The molecule has 0 atom stereocenters. The zero-order valence-corrected chi connectivity index (χ0v) is 8.83. The summed E-state index contributed by atoms with van der Waals surface area (Å²) in [6, 6.07) is 8.50. The summed E-state index contributed by atoms with van der Waals surface area (Å²) in [6.07, 6.45) is 4.67. The third-order valence-corrected chi connectivity index (χ3v) is 2.39. The van der Waals surface area contributed by atoms with E-state index in [1.807, 2.05) is 13.2 Å². The van der Waals surface area contributed by atoms with E-state index in [0.29, 0.717) is 0 Å². The minimum Gasteiger partial charge on any atom is -0.345 e. The summed E-state index contributed by atoms with van der Waals surface area (Å²) in [5, 5.41) is 3.14. The van der Waals surface area contributed by atoms with Crippen LogP contribution in [0.1, 0.15) is 5.56 Å². The van der Waals surface area contributed by atoms with Crippen LogP contribution in [0.25, 0.3) is 11.4 Å². The summed E-state index contributed by atoms with van der Waals surface area (Å²) in [4.78, 5) is 7.30. The molecule has 1 aromatic heterocycles. The molecule has 2 rings (SSSR count). The Balaban J connectivity index is 2.11. The number of hydrogen-bond acceptors (Lipinski definition) is 2. The van der Waals surface area contributed by atoms with Crippen molar-refractivity contribution in [1.29, 1.82) is 0 Å². The van der Waals surface area contributed by atoms with E-state index in [-0.39, 0.29) is 0 Å². The van der Waals surface area contributed by atoms with Crippen LogP contribution in [0.5, 0.6) is 0 Å². The Hall–Kier alpha value is -1.61. The molecular formula is C12H15N3. The van der Waals surface area contributed by atoms with E-state index in [9.17, 15) is 0 Å². The summed E-state index contributed by atoms with van der Waals surface area (Å²) in [7, 11) is 1.97. The van der Waals surface area contributed by atoms with Gasteiger partial charge in [-0.15, -0.1) is 0 Å². The Morgan fingerprint density at radius 2 is 2.07 bits per heavy atom. The Labute approximate surface area is 89.6 Å². The van der Waals surface area contributed by atoms with E-state index in [0.717, 1.165) is 24.4 Å². The second kappa shape index (κ2) is 4.75. The SMILES string of the molecule is CNCCc1ccc(-c2ncc[nH]2)cc1. The van der Waals surface area contributed by atoms with Crippen LogP contribution in [0.4, 0.5) is 0 Å². The molecule has 0 bridgehead atoms. The first-order valence-electron chi connectivity index (χ1n) is 5.13. The Kier molecular flexibility index (Phi) is 3.15. The molecule has 1 heterocycles. The second-order valence-electron chi connectivity index (χ2n) is 3.49. The van der Waals surface area contributed by atoms with Crippen LogP contribution in [0, 0.1) is 0 Å². The van der Waals surface area contributed by atoms with Crippen LogP contribution in [0.2, 0.25) is 0 Å². The molecule has 0 saturated heterocycles. The maximum Gasteiger partial charge on any atom is 0.137 e. The van der Waals surface area contributed by atoms with Gasteiger partial charge in [0, 0.05) is 18.0 Å². The van der Waals surface area contributed by atoms with Gasteiger partial charge in [-0.25, -0.2) is 4.98 Å². The lowest BCUT2D eigenvalue weighted by atomic mass is 10.1. The van der Waals surface area contributed by atoms with Crippen molar-refractivity contribution in [2.45, 2.75) is 6.42 Å². The Morgan fingerprint density at radius 1 is 1.27 bits per heavy atom. The van der Waals surface area contributed by atoms with Crippen molar-refractivity contribution in [3.8, 4) is 11.4 Å². The molecular weight excluding hydrogens is 186 g/mol. The lowest BCUT2D eigenvalue weighted by molar-refractivity contribution is 0.792. The van der Waals surface area contributed by atoms with Gasteiger partial charge in [-0.2, -0.15) is 0 Å². The molecule has 0 amide bonds. The van der Waals surface area contributed by atoms with Crippen molar-refractivity contribution in [2.24, 2.45) is 0 Å². The molecule has 0 unspecified atom stereocenters. The van der Waals surface area contributed by atoms with Crippen molar-refractivity contribution in [3.63, 3.8) is 0 Å². The number of aromatic nitrogens is 2. The normalized spacial score (nSPS) is 10.5. The predicted octanol–water partition coefficient (Wildman–Crippen LogP) is 1.84. The number of likely N-dealkylation sites (N-methyl/N-ethyl adjacent to an activating group) is 1. The molecule has 3 heteroatoms. The fourth-order valence-corrected chi connectivity index (χ4v) is 1.52. The van der Waals surface area contributed by atoms with Crippen LogP contribution in [-0.2, 0) is 6.42 Å². The summed E-state index contributed by atoms with van der Waals surface area (Å²) < 4.78 is 0. The Morgan fingerprint density at radius 3 is 2.67 bits per heavy atom. The quantitative estimate of drug-likeness (QED) is 0.792. The highest BCUT2D eigenvalue weighted by molar-refractivity contribution is 5.55. The molecule has 15 heavy (non-hydrogen) atoms. The maximum absolute atomic E-state index is 4.21. The van der Waals surface area contributed by atoms with Crippen molar-refractivity contribution in [1.82, 2.24) is 15.3 Å². The van der Waals surface area contributed by atoms with Crippen LogP contribution in [-0.4, -0.2) is 23.6 Å². The molecule has 1 aromatic carbocycles. The van der Waals surface area contributed by atoms with Crippen LogP contribution in [0.15, 0.2) is 36.7 Å². The summed E-state index contributed by atoms with van der Waals surface area (Å²) >= 11 is 0. The van der Waals surface area contributed by atoms with Gasteiger partial charge in [-0.05, 0) is 25.6 Å². The van der Waals surface area contributed by atoms with Gasteiger partial charge in [0.05, 0.1) is 0 Å². The van der Waals surface area contributed by atoms with Gasteiger partial charge in [-0.3, -0.25) is 0 Å². The van der Waals surface area contributed by atoms with Crippen molar-refractivity contribution >= 4 is 0 Å². The molecule has 78 valence electrons. The molecule has 0 aliphatic rings. The minimum atomic E-state index is 0.926. The smallest absolute Gasteiger partial charge is 0.137 e. The van der Waals surface area contributed by atoms with Crippen molar-refractivity contribution in [2.75, 3.05) is 13.6 Å². The topological polar surface area (TPSA) is 40.7 Å². The molecule has 0 fully saturated rings. The largest absolute Gasteiger partial charge is 0.345 e. The third kappa shape index (κ3) is 2.44. The van der Waals surface area contributed by atoms with Gasteiger partial charge in [-0.1, -0.05) is 24.3 Å². The zero-order valence-electron chi connectivity index (χ0n) is 8.83. The van der Waals surface area contributed by atoms with E-state index in [1.165, 1.54) is 5.56 Å². The number of benzene rings is 1. The molecule has 0 spiro atoms. The summed E-state index contributed by atoms with van der Waals surface area (Å²) in [6.45, 7) is 1.01. The van der Waals surface area contributed by atoms with E-state index in [4.69, 9.17) is 0 Å². The second-order valence-corrected chi connectivity index (χ2v) is 3.49. The molecule has 2 N–H and O–H groups in total. The minimum absolute atomic E-state index is 0.926. The highest BCUT2D eigenvalue weighted by atomic mass is 14.9.